The average molecular weight is 300 g/mol. The standard InChI is InChI=1S/C17H24N4O/c1-20(2)12-14-16(19-15-10-6-7-11-21(14)15)17(22)18-13-8-4-3-5-9-13/h6-7,10-11,13H,3-5,8-9,12H2,1-2H3,(H,18,22). The smallest absolute Gasteiger partial charge is 0.272 e. The largest absolute Gasteiger partial charge is 0.348 e. The van der Waals surface area contributed by atoms with E-state index in [9.17, 15) is 4.79 Å². The fraction of sp³-hybridized carbons (Fsp3) is 0.529. The summed E-state index contributed by atoms with van der Waals surface area (Å²) >= 11 is 0. The van der Waals surface area contributed by atoms with Crippen LogP contribution in [0.15, 0.2) is 24.4 Å². The lowest BCUT2D eigenvalue weighted by atomic mass is 9.95. The number of carbonyl (C=O) groups excluding carboxylic acids is 1. The van der Waals surface area contributed by atoms with Gasteiger partial charge in [0.1, 0.15) is 5.65 Å². The Labute approximate surface area is 131 Å². The predicted octanol–water partition coefficient (Wildman–Crippen LogP) is 2.46. The number of imidazole rings is 1. The van der Waals surface area contributed by atoms with Gasteiger partial charge < -0.3 is 14.6 Å². The van der Waals surface area contributed by atoms with Crippen molar-refractivity contribution < 1.29 is 4.79 Å². The Morgan fingerprint density at radius 3 is 2.82 bits per heavy atom. The molecule has 2 aromatic heterocycles. The molecule has 5 nitrogen and oxygen atoms in total. The molecule has 1 aliphatic rings. The summed E-state index contributed by atoms with van der Waals surface area (Å²) in [5.41, 5.74) is 2.34. The number of rotatable bonds is 4. The number of fused-ring (bicyclic) bond motifs is 1. The van der Waals surface area contributed by atoms with Crippen LogP contribution in [-0.2, 0) is 6.54 Å². The molecular weight excluding hydrogens is 276 g/mol. The van der Waals surface area contributed by atoms with Gasteiger partial charge in [0.15, 0.2) is 5.69 Å². The highest BCUT2D eigenvalue weighted by atomic mass is 16.2. The Bertz CT molecular complexity index is 656. The van der Waals surface area contributed by atoms with E-state index in [-0.39, 0.29) is 5.91 Å². The average Bonchev–Trinajstić information content (AvgIpc) is 2.87. The van der Waals surface area contributed by atoms with E-state index in [0.717, 1.165) is 24.2 Å². The molecule has 0 radical (unpaired) electrons. The van der Waals surface area contributed by atoms with Crippen LogP contribution >= 0.6 is 0 Å². The Morgan fingerprint density at radius 2 is 2.09 bits per heavy atom. The van der Waals surface area contributed by atoms with E-state index in [4.69, 9.17) is 0 Å². The van der Waals surface area contributed by atoms with E-state index >= 15 is 0 Å². The van der Waals surface area contributed by atoms with Crippen molar-refractivity contribution in [2.45, 2.75) is 44.7 Å². The fourth-order valence-corrected chi connectivity index (χ4v) is 3.18. The van der Waals surface area contributed by atoms with Crippen molar-refractivity contribution in [3.05, 3.63) is 35.8 Å². The summed E-state index contributed by atoms with van der Waals surface area (Å²) in [5.74, 6) is -0.0348. The molecule has 2 aromatic rings. The molecule has 118 valence electrons. The second-order valence-corrected chi connectivity index (χ2v) is 6.38. The normalized spacial score (nSPS) is 16.3. The Kier molecular flexibility index (Phi) is 4.43. The number of aromatic nitrogens is 2. The van der Waals surface area contributed by atoms with Gasteiger partial charge in [-0.2, -0.15) is 0 Å². The van der Waals surface area contributed by atoms with Crippen molar-refractivity contribution in [3.8, 4) is 0 Å². The highest BCUT2D eigenvalue weighted by Crippen LogP contribution is 2.19. The van der Waals surface area contributed by atoms with Crippen LogP contribution in [0.3, 0.4) is 0 Å². The van der Waals surface area contributed by atoms with Crippen molar-refractivity contribution in [1.29, 1.82) is 0 Å². The van der Waals surface area contributed by atoms with E-state index in [1.54, 1.807) is 0 Å². The van der Waals surface area contributed by atoms with E-state index in [1.165, 1.54) is 19.3 Å². The van der Waals surface area contributed by atoms with E-state index in [2.05, 4.69) is 15.2 Å². The highest BCUT2D eigenvalue weighted by Gasteiger charge is 2.22. The Morgan fingerprint density at radius 1 is 1.32 bits per heavy atom. The molecule has 2 heterocycles. The molecule has 0 spiro atoms. The molecule has 5 heteroatoms. The van der Waals surface area contributed by atoms with E-state index in [0.29, 0.717) is 18.3 Å². The summed E-state index contributed by atoms with van der Waals surface area (Å²) in [6.07, 6.45) is 7.84. The molecule has 0 atom stereocenters. The molecule has 1 N–H and O–H groups in total. The molecule has 0 unspecified atom stereocenters. The van der Waals surface area contributed by atoms with Gasteiger partial charge in [0, 0.05) is 18.8 Å². The Balaban J connectivity index is 1.89. The minimum atomic E-state index is -0.0348. The van der Waals surface area contributed by atoms with Crippen LogP contribution in [0, 0.1) is 0 Å². The summed E-state index contributed by atoms with van der Waals surface area (Å²) < 4.78 is 2.01. The summed E-state index contributed by atoms with van der Waals surface area (Å²) in [7, 11) is 4.01. The quantitative estimate of drug-likeness (QED) is 0.943. The molecule has 1 saturated carbocycles. The van der Waals surface area contributed by atoms with Crippen LogP contribution in [-0.4, -0.2) is 40.3 Å². The van der Waals surface area contributed by atoms with E-state index < -0.39 is 0 Å². The third-order valence-corrected chi connectivity index (χ3v) is 4.25. The number of nitrogens with one attached hydrogen (secondary N) is 1. The number of carbonyl (C=O) groups is 1. The maximum Gasteiger partial charge on any atom is 0.272 e. The van der Waals surface area contributed by atoms with E-state index in [1.807, 2.05) is 42.9 Å². The summed E-state index contributed by atoms with van der Waals surface area (Å²) in [5, 5.41) is 3.18. The molecule has 3 rings (SSSR count). The van der Waals surface area contributed by atoms with Crippen molar-refractivity contribution in [1.82, 2.24) is 19.6 Å². The topological polar surface area (TPSA) is 49.6 Å². The molecule has 0 aromatic carbocycles. The molecule has 1 amide bonds. The molecule has 1 fully saturated rings. The van der Waals surface area contributed by atoms with Crippen LogP contribution in [0.5, 0.6) is 0 Å². The van der Waals surface area contributed by atoms with Gasteiger partial charge in [0.2, 0.25) is 0 Å². The van der Waals surface area contributed by atoms with Crippen molar-refractivity contribution in [3.63, 3.8) is 0 Å². The number of hydrogen-bond acceptors (Lipinski definition) is 3. The molecule has 0 saturated heterocycles. The second-order valence-electron chi connectivity index (χ2n) is 6.38. The van der Waals surface area contributed by atoms with Gasteiger partial charge in [0.25, 0.3) is 5.91 Å². The molecule has 0 bridgehead atoms. The summed E-state index contributed by atoms with van der Waals surface area (Å²) in [6, 6.07) is 6.16. The molecule has 1 aliphatic carbocycles. The van der Waals surface area contributed by atoms with Crippen molar-refractivity contribution in [2.24, 2.45) is 0 Å². The molecule has 0 aliphatic heterocycles. The van der Waals surface area contributed by atoms with Crippen LogP contribution < -0.4 is 5.32 Å². The number of pyridine rings is 1. The first-order valence-electron chi connectivity index (χ1n) is 8.06. The predicted molar refractivity (Wildman–Crippen MR) is 86.9 cm³/mol. The zero-order chi connectivity index (χ0) is 15.5. The summed E-state index contributed by atoms with van der Waals surface area (Å²) in [6.45, 7) is 0.693. The Hall–Kier alpha value is -1.88. The van der Waals surface area contributed by atoms with Crippen LogP contribution in [0.25, 0.3) is 5.65 Å². The third kappa shape index (κ3) is 3.14. The minimum absolute atomic E-state index is 0.0348. The van der Waals surface area contributed by atoms with Crippen LogP contribution in [0.2, 0.25) is 0 Å². The van der Waals surface area contributed by atoms with Crippen molar-refractivity contribution in [2.75, 3.05) is 14.1 Å². The first kappa shape index (κ1) is 15.0. The van der Waals surface area contributed by atoms with Gasteiger partial charge in [0.05, 0.1) is 5.69 Å². The zero-order valence-electron chi connectivity index (χ0n) is 13.4. The first-order valence-corrected chi connectivity index (χ1v) is 8.06. The lowest BCUT2D eigenvalue weighted by Crippen LogP contribution is -2.37. The minimum Gasteiger partial charge on any atom is -0.348 e. The highest BCUT2D eigenvalue weighted by molar-refractivity contribution is 5.94. The second kappa shape index (κ2) is 6.48. The van der Waals surface area contributed by atoms with Crippen LogP contribution in [0.1, 0.15) is 48.3 Å². The first-order chi connectivity index (χ1) is 10.6. The maximum absolute atomic E-state index is 12.7. The number of nitrogens with zero attached hydrogens (tertiary/aromatic N) is 3. The lowest BCUT2D eigenvalue weighted by molar-refractivity contribution is 0.0921. The monoisotopic (exact) mass is 300 g/mol. The van der Waals surface area contributed by atoms with Gasteiger partial charge in [-0.05, 0) is 39.1 Å². The van der Waals surface area contributed by atoms with Gasteiger partial charge >= 0.3 is 0 Å². The van der Waals surface area contributed by atoms with Crippen LogP contribution in [0.4, 0.5) is 0 Å². The zero-order valence-corrected chi connectivity index (χ0v) is 13.4. The van der Waals surface area contributed by atoms with Gasteiger partial charge in [-0.15, -0.1) is 0 Å². The van der Waals surface area contributed by atoms with Crippen molar-refractivity contribution >= 4 is 11.6 Å². The van der Waals surface area contributed by atoms with Gasteiger partial charge in [-0.1, -0.05) is 25.3 Å². The molecule has 22 heavy (non-hydrogen) atoms. The fourth-order valence-electron chi connectivity index (χ4n) is 3.18. The maximum atomic E-state index is 12.7. The number of amides is 1. The SMILES string of the molecule is CN(C)Cc1c(C(=O)NC2CCCCC2)nc2ccccn12. The van der Waals surface area contributed by atoms with Gasteiger partial charge in [-0.3, -0.25) is 4.79 Å². The number of hydrogen-bond donors (Lipinski definition) is 1. The van der Waals surface area contributed by atoms with Gasteiger partial charge in [-0.25, -0.2) is 4.98 Å². The third-order valence-electron chi connectivity index (χ3n) is 4.25. The lowest BCUT2D eigenvalue weighted by Gasteiger charge is -2.22. The summed E-state index contributed by atoms with van der Waals surface area (Å²) in [4.78, 5) is 19.3. The molecular formula is C17H24N4O.